The van der Waals surface area contributed by atoms with Gasteiger partial charge in [0, 0.05) is 50.5 Å². The third kappa shape index (κ3) is 5.62. The van der Waals surface area contributed by atoms with Crippen LogP contribution in [0, 0.1) is 11.8 Å². The standard InChI is InChI=1S/C21H34N4O2/c1-7-22-21(27)25(15(4)14(2)3)13-17-12-18(10-11-19(17)24(5)6)23-20(26)16-8-9-16/h10-12,14-16H,7-9,13H2,1-6H3,(H,22,27)(H,23,26)/t15-/m0/s1. The summed E-state index contributed by atoms with van der Waals surface area (Å²) in [6.07, 6.45) is 1.96. The molecule has 0 unspecified atom stereocenters. The van der Waals surface area contributed by atoms with E-state index in [1.807, 2.05) is 49.0 Å². The Morgan fingerprint density at radius 2 is 1.85 bits per heavy atom. The zero-order valence-corrected chi connectivity index (χ0v) is 17.5. The Morgan fingerprint density at radius 3 is 2.37 bits per heavy atom. The minimum Gasteiger partial charge on any atom is -0.377 e. The zero-order chi connectivity index (χ0) is 20.1. The molecule has 150 valence electrons. The summed E-state index contributed by atoms with van der Waals surface area (Å²) in [6.45, 7) is 9.33. The second-order valence-corrected chi connectivity index (χ2v) is 7.95. The second-order valence-electron chi connectivity index (χ2n) is 7.95. The third-order valence-electron chi connectivity index (χ3n) is 5.16. The molecule has 3 amide bonds. The predicted molar refractivity (Wildman–Crippen MR) is 111 cm³/mol. The van der Waals surface area contributed by atoms with Crippen molar-refractivity contribution in [1.29, 1.82) is 0 Å². The number of rotatable bonds is 8. The fourth-order valence-corrected chi connectivity index (χ4v) is 3.01. The molecule has 1 aromatic carbocycles. The highest BCUT2D eigenvalue weighted by molar-refractivity contribution is 5.94. The Bertz CT molecular complexity index is 668. The van der Waals surface area contributed by atoms with Gasteiger partial charge in [-0.2, -0.15) is 0 Å². The Labute approximate surface area is 163 Å². The summed E-state index contributed by atoms with van der Waals surface area (Å²) in [5, 5.41) is 5.94. The molecular formula is C21H34N4O2. The van der Waals surface area contributed by atoms with Gasteiger partial charge < -0.3 is 20.4 Å². The highest BCUT2D eigenvalue weighted by Gasteiger charge is 2.30. The van der Waals surface area contributed by atoms with Crippen molar-refractivity contribution in [3.05, 3.63) is 23.8 Å². The van der Waals surface area contributed by atoms with Crippen LogP contribution in [0.15, 0.2) is 18.2 Å². The molecule has 2 N–H and O–H groups in total. The fraction of sp³-hybridized carbons (Fsp3) is 0.619. The first-order valence-electron chi connectivity index (χ1n) is 9.90. The van der Waals surface area contributed by atoms with E-state index in [0.29, 0.717) is 19.0 Å². The smallest absolute Gasteiger partial charge is 0.317 e. The number of nitrogens with one attached hydrogen (secondary N) is 2. The maximum atomic E-state index is 12.7. The maximum Gasteiger partial charge on any atom is 0.317 e. The van der Waals surface area contributed by atoms with Gasteiger partial charge in [-0.25, -0.2) is 4.79 Å². The molecule has 1 fully saturated rings. The highest BCUT2D eigenvalue weighted by atomic mass is 16.2. The second kappa shape index (κ2) is 9.11. The number of carbonyl (C=O) groups is 2. The molecule has 0 bridgehead atoms. The van der Waals surface area contributed by atoms with Crippen LogP contribution in [0.25, 0.3) is 0 Å². The lowest BCUT2D eigenvalue weighted by Crippen LogP contribution is -2.46. The Morgan fingerprint density at radius 1 is 1.19 bits per heavy atom. The largest absolute Gasteiger partial charge is 0.377 e. The lowest BCUT2D eigenvalue weighted by molar-refractivity contribution is -0.117. The van der Waals surface area contributed by atoms with E-state index in [4.69, 9.17) is 0 Å². The van der Waals surface area contributed by atoms with E-state index in [0.717, 1.165) is 29.8 Å². The van der Waals surface area contributed by atoms with Gasteiger partial charge in [0.2, 0.25) is 5.91 Å². The molecule has 1 saturated carbocycles. The fourth-order valence-electron chi connectivity index (χ4n) is 3.01. The molecule has 1 aromatic rings. The normalized spacial score (nSPS) is 14.6. The quantitative estimate of drug-likeness (QED) is 0.730. The van der Waals surface area contributed by atoms with Crippen molar-refractivity contribution in [2.45, 2.75) is 53.1 Å². The molecule has 6 nitrogen and oxygen atoms in total. The average Bonchev–Trinajstić information content (AvgIpc) is 3.44. The molecular weight excluding hydrogens is 340 g/mol. The highest BCUT2D eigenvalue weighted by Crippen LogP contribution is 2.31. The molecule has 27 heavy (non-hydrogen) atoms. The van der Waals surface area contributed by atoms with Crippen LogP contribution in [-0.4, -0.2) is 43.5 Å². The number of hydrogen-bond acceptors (Lipinski definition) is 3. The van der Waals surface area contributed by atoms with Crippen molar-refractivity contribution in [3.63, 3.8) is 0 Å². The lowest BCUT2D eigenvalue weighted by atomic mass is 10.0. The SMILES string of the molecule is CCNC(=O)N(Cc1cc(NC(=O)C2CC2)ccc1N(C)C)[C@@H](C)C(C)C. The number of amides is 3. The minimum absolute atomic E-state index is 0.0594. The molecule has 0 radical (unpaired) electrons. The number of benzene rings is 1. The monoisotopic (exact) mass is 374 g/mol. The van der Waals surface area contributed by atoms with E-state index < -0.39 is 0 Å². The van der Waals surface area contributed by atoms with E-state index in [1.165, 1.54) is 0 Å². The average molecular weight is 375 g/mol. The number of hydrogen-bond donors (Lipinski definition) is 2. The van der Waals surface area contributed by atoms with Crippen molar-refractivity contribution >= 4 is 23.3 Å². The summed E-state index contributed by atoms with van der Waals surface area (Å²) >= 11 is 0. The third-order valence-corrected chi connectivity index (χ3v) is 5.16. The molecule has 1 aliphatic carbocycles. The van der Waals surface area contributed by atoms with Gasteiger partial charge in [0.05, 0.1) is 0 Å². The van der Waals surface area contributed by atoms with Crippen LogP contribution < -0.4 is 15.5 Å². The van der Waals surface area contributed by atoms with E-state index in [2.05, 4.69) is 31.4 Å². The van der Waals surface area contributed by atoms with Crippen LogP contribution in [0.2, 0.25) is 0 Å². The predicted octanol–water partition coefficient (Wildman–Crippen LogP) is 3.68. The van der Waals surface area contributed by atoms with Gasteiger partial charge in [-0.15, -0.1) is 0 Å². The van der Waals surface area contributed by atoms with Gasteiger partial charge in [-0.05, 0) is 56.4 Å². The lowest BCUT2D eigenvalue weighted by Gasteiger charge is -2.33. The van der Waals surface area contributed by atoms with Gasteiger partial charge in [-0.1, -0.05) is 13.8 Å². The maximum absolute atomic E-state index is 12.7. The molecule has 1 atom stereocenters. The van der Waals surface area contributed by atoms with Crippen LogP contribution in [-0.2, 0) is 11.3 Å². The molecule has 2 rings (SSSR count). The number of carbonyl (C=O) groups excluding carboxylic acids is 2. The summed E-state index contributed by atoms with van der Waals surface area (Å²) in [7, 11) is 3.98. The summed E-state index contributed by atoms with van der Waals surface area (Å²) < 4.78 is 0. The Hall–Kier alpha value is -2.24. The first-order valence-corrected chi connectivity index (χ1v) is 9.90. The summed E-state index contributed by atoms with van der Waals surface area (Å²) in [5.74, 6) is 0.595. The van der Waals surface area contributed by atoms with Crippen molar-refractivity contribution in [2.24, 2.45) is 11.8 Å². The molecule has 0 heterocycles. The van der Waals surface area contributed by atoms with Crippen molar-refractivity contribution in [1.82, 2.24) is 10.2 Å². The molecule has 0 spiro atoms. The number of anilines is 2. The molecule has 0 aromatic heterocycles. The van der Waals surface area contributed by atoms with Crippen molar-refractivity contribution in [2.75, 3.05) is 30.9 Å². The van der Waals surface area contributed by atoms with Crippen LogP contribution in [0.4, 0.5) is 16.2 Å². The summed E-state index contributed by atoms with van der Waals surface area (Å²) in [6, 6.07) is 5.97. The molecule has 6 heteroatoms. The van der Waals surface area contributed by atoms with Crippen LogP contribution in [0.1, 0.15) is 46.1 Å². The van der Waals surface area contributed by atoms with Crippen molar-refractivity contribution in [3.8, 4) is 0 Å². The zero-order valence-electron chi connectivity index (χ0n) is 17.5. The van der Waals surface area contributed by atoms with Gasteiger partial charge in [0.15, 0.2) is 0 Å². The molecule has 0 saturated heterocycles. The van der Waals surface area contributed by atoms with Gasteiger partial charge >= 0.3 is 6.03 Å². The van der Waals surface area contributed by atoms with E-state index in [-0.39, 0.29) is 23.9 Å². The molecule has 1 aliphatic rings. The van der Waals surface area contributed by atoms with Gasteiger partial charge in [0.25, 0.3) is 0 Å². The first-order chi connectivity index (χ1) is 12.7. The minimum atomic E-state index is -0.0594. The van der Waals surface area contributed by atoms with Crippen molar-refractivity contribution < 1.29 is 9.59 Å². The number of urea groups is 1. The Balaban J connectivity index is 2.30. The van der Waals surface area contributed by atoms with E-state index >= 15 is 0 Å². The van der Waals surface area contributed by atoms with Gasteiger partial charge in [0.1, 0.15) is 0 Å². The first kappa shape index (κ1) is 21.1. The van der Waals surface area contributed by atoms with Gasteiger partial charge in [-0.3, -0.25) is 4.79 Å². The molecule has 0 aliphatic heterocycles. The van der Waals surface area contributed by atoms with Crippen LogP contribution in [0.5, 0.6) is 0 Å². The van der Waals surface area contributed by atoms with E-state index in [1.54, 1.807) is 0 Å². The summed E-state index contributed by atoms with van der Waals surface area (Å²) in [4.78, 5) is 28.7. The van der Waals surface area contributed by atoms with Crippen LogP contribution in [0.3, 0.4) is 0 Å². The number of nitrogens with zero attached hydrogens (tertiary/aromatic N) is 2. The van der Waals surface area contributed by atoms with E-state index in [9.17, 15) is 9.59 Å². The van der Waals surface area contributed by atoms with Crippen LogP contribution >= 0.6 is 0 Å². The topological polar surface area (TPSA) is 64.7 Å². The Kier molecular flexibility index (Phi) is 7.11. The summed E-state index contributed by atoms with van der Waals surface area (Å²) in [5.41, 5.74) is 2.86.